The van der Waals surface area contributed by atoms with Crippen LogP contribution >= 0.6 is 0 Å². The Kier molecular flexibility index (Phi) is 6.88. The number of benzene rings is 1. The fourth-order valence-electron chi connectivity index (χ4n) is 3.47. The Balaban J connectivity index is 1.66. The molecule has 3 N–H and O–H groups in total. The van der Waals surface area contributed by atoms with Gasteiger partial charge in [0.2, 0.25) is 17.8 Å². The standard InChI is InChI=1S/C24H27N9O2/c1-5-22(35)28-17-13-18(21(34)14-20(17)32(4)12-11-31(2)3)29-23-26-15-27-24(30-23)33-10-8-16-19(33)7-6-9-25-16/h5-10,13-15,34H,1,11-12H2,2-4H3,(H,28,35)(H,26,27,29,30). The van der Waals surface area contributed by atoms with Gasteiger partial charge in [0.25, 0.3) is 0 Å². The summed E-state index contributed by atoms with van der Waals surface area (Å²) in [5, 5.41) is 16.6. The lowest BCUT2D eigenvalue weighted by Crippen LogP contribution is -2.29. The Morgan fingerprint density at radius 3 is 2.74 bits per heavy atom. The zero-order valence-corrected chi connectivity index (χ0v) is 19.8. The first-order valence-corrected chi connectivity index (χ1v) is 10.9. The summed E-state index contributed by atoms with van der Waals surface area (Å²) >= 11 is 0. The maximum atomic E-state index is 12.1. The Hall–Kier alpha value is -4.51. The van der Waals surface area contributed by atoms with E-state index in [1.807, 2.05) is 50.4 Å². The molecule has 35 heavy (non-hydrogen) atoms. The van der Waals surface area contributed by atoms with Crippen LogP contribution in [0.5, 0.6) is 5.75 Å². The zero-order valence-electron chi connectivity index (χ0n) is 19.8. The number of phenols is 1. The van der Waals surface area contributed by atoms with Crippen molar-refractivity contribution in [3.63, 3.8) is 0 Å². The van der Waals surface area contributed by atoms with Gasteiger partial charge in [0.15, 0.2) is 0 Å². The molecule has 0 saturated carbocycles. The summed E-state index contributed by atoms with van der Waals surface area (Å²) in [7, 11) is 5.85. The van der Waals surface area contributed by atoms with Gasteiger partial charge in [-0.25, -0.2) is 9.97 Å². The van der Waals surface area contributed by atoms with Crippen molar-refractivity contribution in [2.45, 2.75) is 0 Å². The number of hydrogen-bond acceptors (Lipinski definition) is 9. The lowest BCUT2D eigenvalue weighted by atomic mass is 10.2. The number of carbonyl (C=O) groups excluding carboxylic acids is 1. The Morgan fingerprint density at radius 1 is 1.14 bits per heavy atom. The average Bonchev–Trinajstić information content (AvgIpc) is 3.28. The van der Waals surface area contributed by atoms with Crippen molar-refractivity contribution >= 4 is 40.0 Å². The number of nitrogens with zero attached hydrogens (tertiary/aromatic N) is 7. The second kappa shape index (κ2) is 10.2. The van der Waals surface area contributed by atoms with Crippen LogP contribution in [-0.2, 0) is 4.79 Å². The van der Waals surface area contributed by atoms with E-state index < -0.39 is 0 Å². The number of fused-ring (bicyclic) bond motifs is 1. The molecule has 0 bridgehead atoms. The molecule has 0 fully saturated rings. The maximum absolute atomic E-state index is 12.1. The molecule has 0 spiro atoms. The largest absolute Gasteiger partial charge is 0.506 e. The highest BCUT2D eigenvalue weighted by atomic mass is 16.3. The van der Waals surface area contributed by atoms with E-state index in [0.29, 0.717) is 29.6 Å². The molecule has 1 aromatic carbocycles. The fourth-order valence-corrected chi connectivity index (χ4v) is 3.47. The summed E-state index contributed by atoms with van der Waals surface area (Å²) in [6.07, 6.45) is 6.13. The van der Waals surface area contributed by atoms with E-state index in [2.05, 4.69) is 42.0 Å². The number of amides is 1. The summed E-state index contributed by atoms with van der Waals surface area (Å²) < 4.78 is 1.80. The van der Waals surface area contributed by atoms with Crippen LogP contribution in [0.4, 0.5) is 23.0 Å². The highest BCUT2D eigenvalue weighted by molar-refractivity contribution is 6.02. The van der Waals surface area contributed by atoms with Crippen LogP contribution < -0.4 is 15.5 Å². The monoisotopic (exact) mass is 473 g/mol. The lowest BCUT2D eigenvalue weighted by Gasteiger charge is -2.25. The minimum Gasteiger partial charge on any atom is -0.506 e. The van der Waals surface area contributed by atoms with Crippen LogP contribution in [0, 0.1) is 0 Å². The SMILES string of the molecule is C=CC(=O)Nc1cc(Nc2ncnc(-n3ccc4ncccc43)n2)c(O)cc1N(C)CCN(C)C. The predicted molar refractivity (Wildman–Crippen MR) is 136 cm³/mol. The number of likely N-dealkylation sites (N-methyl/N-ethyl adjacent to an activating group) is 2. The van der Waals surface area contributed by atoms with Gasteiger partial charge < -0.3 is 25.5 Å². The van der Waals surface area contributed by atoms with Gasteiger partial charge in [-0.2, -0.15) is 4.98 Å². The topological polar surface area (TPSA) is 124 Å². The molecule has 0 aliphatic heterocycles. The van der Waals surface area contributed by atoms with Gasteiger partial charge in [-0.15, -0.1) is 0 Å². The van der Waals surface area contributed by atoms with Gasteiger partial charge in [-0.05, 0) is 44.4 Å². The van der Waals surface area contributed by atoms with Crippen molar-refractivity contribution in [2.75, 3.05) is 49.8 Å². The molecule has 11 heteroatoms. The third-order valence-electron chi connectivity index (χ3n) is 5.33. The molecule has 1 amide bonds. The minimum absolute atomic E-state index is 0.0223. The van der Waals surface area contributed by atoms with E-state index in [9.17, 15) is 9.90 Å². The van der Waals surface area contributed by atoms with E-state index in [-0.39, 0.29) is 17.6 Å². The molecule has 3 heterocycles. The van der Waals surface area contributed by atoms with Crippen LogP contribution in [0.3, 0.4) is 0 Å². The molecule has 4 aromatic rings. The Labute approximate surface area is 202 Å². The van der Waals surface area contributed by atoms with Crippen molar-refractivity contribution in [3.8, 4) is 11.7 Å². The molecule has 0 saturated heterocycles. The number of pyridine rings is 1. The van der Waals surface area contributed by atoms with Crippen molar-refractivity contribution in [1.82, 2.24) is 29.4 Å². The molecule has 11 nitrogen and oxygen atoms in total. The van der Waals surface area contributed by atoms with E-state index >= 15 is 0 Å². The first-order valence-electron chi connectivity index (χ1n) is 10.9. The van der Waals surface area contributed by atoms with Gasteiger partial charge in [0.1, 0.15) is 12.1 Å². The predicted octanol–water partition coefficient (Wildman–Crippen LogP) is 2.78. The number of carbonyl (C=O) groups is 1. The lowest BCUT2D eigenvalue weighted by molar-refractivity contribution is -0.111. The number of aromatic nitrogens is 5. The van der Waals surface area contributed by atoms with E-state index in [4.69, 9.17) is 0 Å². The fraction of sp³-hybridized carbons (Fsp3) is 0.208. The summed E-state index contributed by atoms with van der Waals surface area (Å²) in [5.41, 5.74) is 3.16. The van der Waals surface area contributed by atoms with Gasteiger partial charge in [-0.1, -0.05) is 6.58 Å². The number of hydrogen-bond donors (Lipinski definition) is 3. The first-order chi connectivity index (χ1) is 16.9. The number of phenolic OH excluding ortho intramolecular Hbond substituents is 1. The molecule has 4 rings (SSSR count). The molecule has 0 aliphatic carbocycles. The van der Waals surface area contributed by atoms with Gasteiger partial charge in [0.05, 0.1) is 28.1 Å². The summed E-state index contributed by atoms with van der Waals surface area (Å²) in [6.45, 7) is 5.01. The molecule has 0 unspecified atom stereocenters. The summed E-state index contributed by atoms with van der Waals surface area (Å²) in [4.78, 5) is 33.4. The van der Waals surface area contributed by atoms with E-state index in [1.54, 1.807) is 22.9 Å². The maximum Gasteiger partial charge on any atom is 0.247 e. The molecule has 0 atom stereocenters. The van der Waals surface area contributed by atoms with Gasteiger partial charge in [-0.3, -0.25) is 14.3 Å². The Bertz CT molecular complexity index is 1370. The van der Waals surface area contributed by atoms with Crippen LogP contribution in [0.15, 0.2) is 61.7 Å². The molecule has 3 aromatic heterocycles. The van der Waals surface area contributed by atoms with Crippen molar-refractivity contribution in [2.24, 2.45) is 0 Å². The number of rotatable bonds is 9. The van der Waals surface area contributed by atoms with Crippen LogP contribution in [0.25, 0.3) is 17.0 Å². The normalized spacial score (nSPS) is 11.0. The van der Waals surface area contributed by atoms with Crippen molar-refractivity contribution in [3.05, 3.63) is 61.7 Å². The highest BCUT2D eigenvalue weighted by Gasteiger charge is 2.16. The van der Waals surface area contributed by atoms with E-state index in [0.717, 1.165) is 17.6 Å². The van der Waals surface area contributed by atoms with Crippen molar-refractivity contribution < 1.29 is 9.90 Å². The third-order valence-corrected chi connectivity index (χ3v) is 5.33. The minimum atomic E-state index is -0.362. The molecule has 180 valence electrons. The summed E-state index contributed by atoms with van der Waals surface area (Å²) in [6, 6.07) is 8.86. The second-order valence-electron chi connectivity index (χ2n) is 8.13. The molecular weight excluding hydrogens is 446 g/mol. The third kappa shape index (κ3) is 5.36. The second-order valence-corrected chi connectivity index (χ2v) is 8.13. The van der Waals surface area contributed by atoms with Crippen LogP contribution in [0.1, 0.15) is 0 Å². The number of nitrogens with one attached hydrogen (secondary N) is 2. The Morgan fingerprint density at radius 2 is 1.97 bits per heavy atom. The molecule has 0 aliphatic rings. The van der Waals surface area contributed by atoms with Gasteiger partial charge in [0, 0.05) is 38.6 Å². The molecule has 0 radical (unpaired) electrons. The van der Waals surface area contributed by atoms with Crippen molar-refractivity contribution in [1.29, 1.82) is 0 Å². The number of aromatic hydroxyl groups is 1. The smallest absolute Gasteiger partial charge is 0.247 e. The average molecular weight is 474 g/mol. The summed E-state index contributed by atoms with van der Waals surface area (Å²) in [5.74, 6) is 0.237. The zero-order chi connectivity index (χ0) is 24.9. The first kappa shape index (κ1) is 23.6. The van der Waals surface area contributed by atoms with Crippen LogP contribution in [0.2, 0.25) is 0 Å². The quantitative estimate of drug-likeness (QED) is 0.191. The molecular formula is C24H27N9O2. The number of anilines is 4. The van der Waals surface area contributed by atoms with Gasteiger partial charge >= 0.3 is 0 Å². The van der Waals surface area contributed by atoms with E-state index in [1.165, 1.54) is 12.4 Å². The van der Waals surface area contributed by atoms with Crippen LogP contribution in [-0.4, -0.2) is 74.6 Å². The highest BCUT2D eigenvalue weighted by Crippen LogP contribution is 2.37.